The lowest BCUT2D eigenvalue weighted by Crippen LogP contribution is -2.41. The number of carbonyl (C=O) groups excluding carboxylic acids is 1. The first kappa shape index (κ1) is 18.0. The van der Waals surface area contributed by atoms with E-state index in [4.69, 9.17) is 4.74 Å². The summed E-state index contributed by atoms with van der Waals surface area (Å²) in [6, 6.07) is 8.92. The minimum absolute atomic E-state index is 0.0903. The van der Waals surface area contributed by atoms with Crippen LogP contribution in [0.25, 0.3) is 0 Å². The van der Waals surface area contributed by atoms with E-state index in [0.29, 0.717) is 25.0 Å². The fourth-order valence-electron chi connectivity index (χ4n) is 2.89. The van der Waals surface area contributed by atoms with Gasteiger partial charge in [0.25, 0.3) is 0 Å². The Morgan fingerprint density at radius 3 is 2.70 bits per heavy atom. The van der Waals surface area contributed by atoms with Gasteiger partial charge in [0, 0.05) is 25.1 Å². The Bertz CT molecular complexity index is 499. The van der Waals surface area contributed by atoms with Gasteiger partial charge in [-0.05, 0) is 46.2 Å². The monoisotopic (exact) mass is 318 g/mol. The minimum atomic E-state index is 0.0903. The van der Waals surface area contributed by atoms with Crippen molar-refractivity contribution in [2.45, 2.75) is 45.8 Å². The number of hydrogen-bond donors (Lipinski definition) is 1. The Hall–Kier alpha value is -1.39. The van der Waals surface area contributed by atoms with E-state index in [9.17, 15) is 4.79 Å². The third kappa shape index (κ3) is 5.33. The second kappa shape index (κ2) is 8.46. The smallest absolute Gasteiger partial charge is 0.234 e. The van der Waals surface area contributed by atoms with Gasteiger partial charge in [0.15, 0.2) is 0 Å². The van der Waals surface area contributed by atoms with Gasteiger partial charge in [0.2, 0.25) is 5.91 Å². The van der Waals surface area contributed by atoms with Gasteiger partial charge in [-0.15, -0.1) is 0 Å². The Balaban J connectivity index is 1.91. The van der Waals surface area contributed by atoms with Crippen molar-refractivity contribution in [3.63, 3.8) is 0 Å². The van der Waals surface area contributed by atoms with Crippen LogP contribution in [-0.2, 0) is 9.53 Å². The lowest BCUT2D eigenvalue weighted by Gasteiger charge is -2.32. The molecule has 1 aromatic rings. The second-order valence-electron chi connectivity index (χ2n) is 6.92. The summed E-state index contributed by atoms with van der Waals surface area (Å²) in [4.78, 5) is 14.1. The largest absolute Gasteiger partial charge is 0.373 e. The van der Waals surface area contributed by atoms with E-state index >= 15 is 0 Å². The SMILES string of the molecule is Cc1ccc([C@@H]2OCCC[C@H]2CNC(=O)CN(C)C(C)C)cc1. The third-order valence-corrected chi connectivity index (χ3v) is 4.69. The van der Waals surface area contributed by atoms with E-state index in [1.54, 1.807) is 0 Å². The molecule has 23 heavy (non-hydrogen) atoms. The van der Waals surface area contributed by atoms with Crippen LogP contribution in [-0.4, -0.2) is 43.6 Å². The van der Waals surface area contributed by atoms with Crippen molar-refractivity contribution in [2.75, 3.05) is 26.7 Å². The number of benzene rings is 1. The lowest BCUT2D eigenvalue weighted by molar-refractivity contribution is -0.123. The zero-order valence-corrected chi connectivity index (χ0v) is 14.8. The van der Waals surface area contributed by atoms with E-state index in [0.717, 1.165) is 19.4 Å². The molecule has 0 aliphatic carbocycles. The number of hydrogen-bond acceptors (Lipinski definition) is 3. The molecule has 4 nitrogen and oxygen atoms in total. The van der Waals surface area contributed by atoms with Gasteiger partial charge in [-0.25, -0.2) is 0 Å². The van der Waals surface area contributed by atoms with Crippen molar-refractivity contribution >= 4 is 5.91 Å². The van der Waals surface area contributed by atoms with Crippen LogP contribution in [0.5, 0.6) is 0 Å². The molecule has 1 amide bonds. The number of amides is 1. The quantitative estimate of drug-likeness (QED) is 0.877. The predicted molar refractivity (Wildman–Crippen MR) is 93.4 cm³/mol. The highest BCUT2D eigenvalue weighted by Crippen LogP contribution is 2.33. The molecular formula is C19H30N2O2. The molecule has 1 aliphatic heterocycles. The summed E-state index contributed by atoms with van der Waals surface area (Å²) in [5.74, 6) is 0.439. The summed E-state index contributed by atoms with van der Waals surface area (Å²) in [6.07, 6.45) is 2.25. The number of ether oxygens (including phenoxy) is 1. The van der Waals surface area contributed by atoms with Crippen LogP contribution in [0.1, 0.15) is 43.9 Å². The molecule has 1 aliphatic rings. The molecule has 1 fully saturated rings. The summed E-state index contributed by atoms with van der Waals surface area (Å²) >= 11 is 0. The molecule has 4 heteroatoms. The maximum absolute atomic E-state index is 12.1. The molecule has 0 aromatic heterocycles. The highest BCUT2D eigenvalue weighted by atomic mass is 16.5. The van der Waals surface area contributed by atoms with E-state index in [-0.39, 0.29) is 12.0 Å². The molecule has 128 valence electrons. The number of likely N-dealkylation sites (N-methyl/N-ethyl adjacent to an activating group) is 1. The van der Waals surface area contributed by atoms with Crippen LogP contribution in [0.15, 0.2) is 24.3 Å². The normalized spacial score (nSPS) is 21.7. The second-order valence-corrected chi connectivity index (χ2v) is 6.92. The Morgan fingerprint density at radius 1 is 1.35 bits per heavy atom. The molecule has 0 saturated carbocycles. The number of carbonyl (C=O) groups is 1. The van der Waals surface area contributed by atoms with Gasteiger partial charge in [0.05, 0.1) is 12.6 Å². The van der Waals surface area contributed by atoms with Crippen molar-refractivity contribution < 1.29 is 9.53 Å². The molecule has 2 rings (SSSR count). The molecule has 1 saturated heterocycles. The summed E-state index contributed by atoms with van der Waals surface area (Å²) in [6.45, 7) is 8.21. The lowest BCUT2D eigenvalue weighted by atomic mass is 9.89. The van der Waals surface area contributed by atoms with Crippen LogP contribution >= 0.6 is 0 Å². The van der Waals surface area contributed by atoms with Crippen LogP contribution in [0.3, 0.4) is 0 Å². The molecule has 0 spiro atoms. The van der Waals surface area contributed by atoms with E-state index in [1.165, 1.54) is 11.1 Å². The summed E-state index contributed by atoms with van der Waals surface area (Å²) in [5, 5.41) is 3.09. The molecule has 0 bridgehead atoms. The fourth-order valence-corrected chi connectivity index (χ4v) is 2.89. The van der Waals surface area contributed by atoms with Crippen LogP contribution in [0, 0.1) is 12.8 Å². The topological polar surface area (TPSA) is 41.6 Å². The maximum Gasteiger partial charge on any atom is 0.234 e. The van der Waals surface area contributed by atoms with E-state index in [2.05, 4.69) is 50.4 Å². The highest BCUT2D eigenvalue weighted by Gasteiger charge is 2.27. The van der Waals surface area contributed by atoms with Crippen molar-refractivity contribution in [1.29, 1.82) is 0 Å². The first-order chi connectivity index (χ1) is 11.0. The van der Waals surface area contributed by atoms with Crippen molar-refractivity contribution in [1.82, 2.24) is 10.2 Å². The molecule has 0 radical (unpaired) electrons. The standard InChI is InChI=1S/C19H30N2O2/c1-14(2)21(4)13-18(22)20-12-17-6-5-11-23-19(17)16-9-7-15(3)8-10-16/h7-10,14,17,19H,5-6,11-13H2,1-4H3,(H,20,22)/t17-,19-/m0/s1. The van der Waals surface area contributed by atoms with Crippen molar-refractivity contribution in [3.05, 3.63) is 35.4 Å². The van der Waals surface area contributed by atoms with Gasteiger partial charge in [-0.3, -0.25) is 9.69 Å². The molecule has 1 aromatic carbocycles. The molecule has 1 N–H and O–H groups in total. The van der Waals surface area contributed by atoms with Gasteiger partial charge >= 0.3 is 0 Å². The van der Waals surface area contributed by atoms with E-state index < -0.39 is 0 Å². The van der Waals surface area contributed by atoms with E-state index in [1.807, 2.05) is 11.9 Å². The number of rotatable bonds is 6. The van der Waals surface area contributed by atoms with Crippen LogP contribution < -0.4 is 5.32 Å². The Kier molecular flexibility index (Phi) is 6.60. The number of nitrogens with one attached hydrogen (secondary N) is 1. The van der Waals surface area contributed by atoms with Crippen molar-refractivity contribution in [2.24, 2.45) is 5.92 Å². The molecular weight excluding hydrogens is 288 g/mol. The fraction of sp³-hybridized carbons (Fsp3) is 0.632. The molecule has 0 unspecified atom stereocenters. The molecule has 2 atom stereocenters. The minimum Gasteiger partial charge on any atom is -0.373 e. The van der Waals surface area contributed by atoms with Gasteiger partial charge in [-0.2, -0.15) is 0 Å². The summed E-state index contributed by atoms with van der Waals surface area (Å²) < 4.78 is 6.01. The first-order valence-electron chi connectivity index (χ1n) is 8.62. The average molecular weight is 318 g/mol. The van der Waals surface area contributed by atoms with Gasteiger partial charge in [0.1, 0.15) is 0 Å². The predicted octanol–water partition coefficient (Wildman–Crippen LogP) is 2.92. The van der Waals surface area contributed by atoms with Crippen LogP contribution in [0.2, 0.25) is 0 Å². The Morgan fingerprint density at radius 2 is 2.04 bits per heavy atom. The van der Waals surface area contributed by atoms with Crippen LogP contribution in [0.4, 0.5) is 0 Å². The number of nitrogens with zero attached hydrogens (tertiary/aromatic N) is 1. The van der Waals surface area contributed by atoms with Crippen molar-refractivity contribution in [3.8, 4) is 0 Å². The third-order valence-electron chi connectivity index (χ3n) is 4.69. The van der Waals surface area contributed by atoms with Gasteiger partial charge < -0.3 is 10.1 Å². The summed E-state index contributed by atoms with van der Waals surface area (Å²) in [5.41, 5.74) is 2.47. The first-order valence-corrected chi connectivity index (χ1v) is 8.62. The summed E-state index contributed by atoms with van der Waals surface area (Å²) in [7, 11) is 1.98. The maximum atomic E-state index is 12.1. The average Bonchev–Trinajstić information content (AvgIpc) is 2.54. The number of aryl methyl sites for hydroxylation is 1. The zero-order valence-electron chi connectivity index (χ0n) is 14.8. The Labute approximate surface area is 140 Å². The van der Waals surface area contributed by atoms with Gasteiger partial charge in [-0.1, -0.05) is 29.8 Å². The molecule has 1 heterocycles. The highest BCUT2D eigenvalue weighted by molar-refractivity contribution is 5.78. The zero-order chi connectivity index (χ0) is 16.8.